The molecule has 1 aliphatic carbocycles. The molecule has 2 aromatic rings. The van der Waals surface area contributed by atoms with Crippen LogP contribution < -0.4 is 0 Å². The summed E-state index contributed by atoms with van der Waals surface area (Å²) in [5, 5.41) is 0. The highest BCUT2D eigenvalue weighted by Gasteiger charge is 2.39. The molecule has 2 aromatic carbocycles. The summed E-state index contributed by atoms with van der Waals surface area (Å²) in [7, 11) is 1.70. The fourth-order valence-corrected chi connectivity index (χ4v) is 3.91. The van der Waals surface area contributed by atoms with E-state index in [1.807, 2.05) is 12.1 Å². The molecule has 0 heterocycles. The van der Waals surface area contributed by atoms with Crippen LogP contribution in [0.15, 0.2) is 60.7 Å². The predicted octanol–water partition coefficient (Wildman–Crippen LogP) is 6.58. The molecule has 5 heteroatoms. The number of hydrogen-bond donors (Lipinski definition) is 0. The number of hydrogen-bond acceptors (Lipinski definition) is 2. The van der Waals surface area contributed by atoms with E-state index in [9.17, 15) is 18.0 Å². The Morgan fingerprint density at radius 1 is 0.966 bits per heavy atom. The molecule has 0 aliphatic heterocycles. The number of halogens is 3. The van der Waals surface area contributed by atoms with E-state index in [0.29, 0.717) is 18.4 Å². The highest BCUT2D eigenvalue weighted by atomic mass is 19.4. The first-order chi connectivity index (χ1) is 13.9. The predicted molar refractivity (Wildman–Crippen MR) is 108 cm³/mol. The van der Waals surface area contributed by atoms with E-state index in [0.717, 1.165) is 24.0 Å². The smallest absolute Gasteiger partial charge is 0.381 e. The molecule has 0 N–H and O–H groups in total. The molecule has 0 amide bonds. The van der Waals surface area contributed by atoms with E-state index in [-0.39, 0.29) is 5.56 Å². The number of allylic oxidation sites excluding steroid dienone is 1. The van der Waals surface area contributed by atoms with Crippen LogP contribution >= 0.6 is 0 Å². The molecule has 0 atom stereocenters. The molecule has 0 radical (unpaired) electrons. The summed E-state index contributed by atoms with van der Waals surface area (Å²) < 4.78 is 42.6. The van der Waals surface area contributed by atoms with Gasteiger partial charge in [0.1, 0.15) is 0 Å². The van der Waals surface area contributed by atoms with E-state index >= 15 is 0 Å². The van der Waals surface area contributed by atoms with Crippen LogP contribution in [0.4, 0.5) is 13.2 Å². The Morgan fingerprint density at radius 2 is 1.52 bits per heavy atom. The van der Waals surface area contributed by atoms with Gasteiger partial charge in [-0.3, -0.25) is 4.79 Å². The standard InChI is InChI=1S/C24H25F3O2/c1-29-16-2-3-17-4-6-18(7-5-17)19-8-10-20(11-9-19)21-12-14-22(15-13-21)23(28)24(25,26)27/h2-3,8-15,17-18H,4-7,16H2,1H3/t17-,18-. The van der Waals surface area contributed by atoms with Crippen molar-refractivity contribution in [1.29, 1.82) is 0 Å². The van der Waals surface area contributed by atoms with Gasteiger partial charge in [0.05, 0.1) is 6.61 Å². The molecule has 0 saturated heterocycles. The summed E-state index contributed by atoms with van der Waals surface area (Å²) in [5.41, 5.74) is 2.68. The van der Waals surface area contributed by atoms with Gasteiger partial charge in [-0.15, -0.1) is 0 Å². The Kier molecular flexibility index (Phi) is 6.91. The van der Waals surface area contributed by atoms with Crippen LogP contribution in [-0.2, 0) is 4.74 Å². The van der Waals surface area contributed by atoms with Crippen molar-refractivity contribution in [3.63, 3.8) is 0 Å². The molecular weight excluding hydrogens is 377 g/mol. The molecule has 29 heavy (non-hydrogen) atoms. The zero-order valence-electron chi connectivity index (χ0n) is 16.4. The number of rotatable bonds is 6. The van der Waals surface area contributed by atoms with Crippen molar-refractivity contribution in [3.05, 3.63) is 71.8 Å². The number of ether oxygens (including phenoxy) is 1. The topological polar surface area (TPSA) is 26.3 Å². The molecule has 0 spiro atoms. The SMILES string of the molecule is COCC=C[C@H]1CC[C@H](c2ccc(-c3ccc(C(=O)C(F)(F)F)cc3)cc2)CC1. The van der Waals surface area contributed by atoms with Crippen molar-refractivity contribution < 1.29 is 22.7 Å². The summed E-state index contributed by atoms with van der Waals surface area (Å²) in [6, 6.07) is 13.8. The number of ketones is 1. The first kappa shape index (κ1) is 21.3. The molecule has 0 bridgehead atoms. The third kappa shape index (κ3) is 5.57. The van der Waals surface area contributed by atoms with Gasteiger partial charge >= 0.3 is 6.18 Å². The van der Waals surface area contributed by atoms with Gasteiger partial charge in [-0.25, -0.2) is 0 Å². The van der Waals surface area contributed by atoms with Crippen LogP contribution in [-0.4, -0.2) is 25.7 Å². The lowest BCUT2D eigenvalue weighted by molar-refractivity contribution is -0.0885. The fourth-order valence-electron chi connectivity index (χ4n) is 3.91. The van der Waals surface area contributed by atoms with E-state index < -0.39 is 12.0 Å². The minimum absolute atomic E-state index is 0.339. The van der Waals surface area contributed by atoms with Gasteiger partial charge < -0.3 is 4.74 Å². The van der Waals surface area contributed by atoms with Crippen molar-refractivity contribution in [2.24, 2.45) is 5.92 Å². The fraction of sp³-hybridized carbons (Fsp3) is 0.375. The highest BCUT2D eigenvalue weighted by molar-refractivity contribution is 6.00. The Hall–Kier alpha value is -2.40. The average Bonchev–Trinajstić information content (AvgIpc) is 2.73. The van der Waals surface area contributed by atoms with Crippen LogP contribution in [0, 0.1) is 5.92 Å². The monoisotopic (exact) mass is 402 g/mol. The van der Waals surface area contributed by atoms with E-state index in [4.69, 9.17) is 4.74 Å². The molecule has 154 valence electrons. The van der Waals surface area contributed by atoms with Crippen LogP contribution in [0.5, 0.6) is 0 Å². The maximum Gasteiger partial charge on any atom is 0.454 e. The maximum absolute atomic E-state index is 12.5. The van der Waals surface area contributed by atoms with Crippen LogP contribution in [0.2, 0.25) is 0 Å². The lowest BCUT2D eigenvalue weighted by atomic mass is 9.78. The zero-order chi connectivity index (χ0) is 20.9. The number of Topliss-reactive ketones (excluding diaryl/α,β-unsaturated/α-hetero) is 1. The summed E-state index contributed by atoms with van der Waals surface area (Å²) in [6.07, 6.45) is 4.14. The maximum atomic E-state index is 12.5. The molecular formula is C24H25F3O2. The Bertz CT molecular complexity index is 828. The van der Waals surface area contributed by atoms with Crippen LogP contribution in [0.1, 0.15) is 47.5 Å². The minimum atomic E-state index is -4.85. The van der Waals surface area contributed by atoms with Crippen molar-refractivity contribution in [3.8, 4) is 11.1 Å². The molecule has 2 nitrogen and oxygen atoms in total. The number of alkyl halides is 3. The summed E-state index contributed by atoms with van der Waals surface area (Å²) in [6.45, 7) is 0.659. The number of carbonyl (C=O) groups excluding carboxylic acids is 1. The van der Waals surface area contributed by atoms with Gasteiger partial charge in [0.25, 0.3) is 5.78 Å². The largest absolute Gasteiger partial charge is 0.454 e. The highest BCUT2D eigenvalue weighted by Crippen LogP contribution is 2.37. The lowest BCUT2D eigenvalue weighted by Crippen LogP contribution is -2.22. The second kappa shape index (κ2) is 9.40. The lowest BCUT2D eigenvalue weighted by Gasteiger charge is -2.27. The molecule has 0 unspecified atom stereocenters. The van der Waals surface area contributed by atoms with Gasteiger partial charge in [0.2, 0.25) is 0 Å². The first-order valence-corrected chi connectivity index (χ1v) is 9.86. The van der Waals surface area contributed by atoms with Gasteiger partial charge in [0.15, 0.2) is 0 Å². The Labute approximate surface area is 169 Å². The van der Waals surface area contributed by atoms with Crippen molar-refractivity contribution >= 4 is 5.78 Å². The number of carbonyl (C=O) groups is 1. The Morgan fingerprint density at radius 3 is 2.03 bits per heavy atom. The molecule has 1 saturated carbocycles. The normalized spacial score (nSPS) is 20.1. The van der Waals surface area contributed by atoms with E-state index in [1.165, 1.54) is 30.5 Å². The van der Waals surface area contributed by atoms with Gasteiger partial charge in [-0.1, -0.05) is 60.7 Å². The second-order valence-electron chi connectivity index (χ2n) is 7.52. The van der Waals surface area contributed by atoms with Crippen LogP contribution in [0.3, 0.4) is 0 Å². The average molecular weight is 402 g/mol. The zero-order valence-corrected chi connectivity index (χ0v) is 16.4. The number of benzene rings is 2. The first-order valence-electron chi connectivity index (χ1n) is 9.86. The second-order valence-corrected chi connectivity index (χ2v) is 7.52. The van der Waals surface area contributed by atoms with E-state index in [2.05, 4.69) is 24.3 Å². The number of methoxy groups -OCH3 is 1. The van der Waals surface area contributed by atoms with Gasteiger partial charge in [0, 0.05) is 12.7 Å². The third-order valence-corrected chi connectivity index (χ3v) is 5.56. The van der Waals surface area contributed by atoms with Crippen LogP contribution in [0.25, 0.3) is 11.1 Å². The van der Waals surface area contributed by atoms with Gasteiger partial charge in [-0.05, 0) is 54.2 Å². The Balaban J connectivity index is 1.61. The van der Waals surface area contributed by atoms with Gasteiger partial charge in [-0.2, -0.15) is 13.2 Å². The van der Waals surface area contributed by atoms with Crippen molar-refractivity contribution in [2.75, 3.05) is 13.7 Å². The quantitative estimate of drug-likeness (QED) is 0.403. The molecule has 0 aromatic heterocycles. The van der Waals surface area contributed by atoms with Crippen molar-refractivity contribution in [2.45, 2.75) is 37.8 Å². The van der Waals surface area contributed by atoms with E-state index in [1.54, 1.807) is 19.2 Å². The van der Waals surface area contributed by atoms with Crippen molar-refractivity contribution in [1.82, 2.24) is 0 Å². The summed E-state index contributed by atoms with van der Waals surface area (Å²) >= 11 is 0. The summed E-state index contributed by atoms with van der Waals surface area (Å²) in [5.74, 6) is -0.645. The minimum Gasteiger partial charge on any atom is -0.381 e. The molecule has 3 rings (SSSR count). The summed E-state index contributed by atoms with van der Waals surface area (Å²) in [4.78, 5) is 11.3. The molecule has 1 fully saturated rings. The molecule has 1 aliphatic rings. The third-order valence-electron chi connectivity index (χ3n) is 5.56.